The Kier molecular flexibility index (Phi) is 8.16. The number of carbonyl (C=O) groups is 2. The molecule has 0 unspecified atom stereocenters. The van der Waals surface area contributed by atoms with Gasteiger partial charge in [0.25, 0.3) is 5.91 Å². The molecule has 33 heavy (non-hydrogen) atoms. The van der Waals surface area contributed by atoms with E-state index < -0.39 is 0 Å². The van der Waals surface area contributed by atoms with Gasteiger partial charge in [0.2, 0.25) is 11.8 Å². The molecule has 0 fully saturated rings. The van der Waals surface area contributed by atoms with E-state index in [1.807, 2.05) is 39.0 Å². The van der Waals surface area contributed by atoms with Crippen molar-refractivity contribution < 1.29 is 19.4 Å². The number of fused-ring (bicyclic) bond motifs is 1. The number of allylic oxidation sites excluding steroid dienone is 1. The van der Waals surface area contributed by atoms with Gasteiger partial charge in [-0.2, -0.15) is 0 Å². The Morgan fingerprint density at radius 3 is 2.88 bits per heavy atom. The highest BCUT2D eigenvalue weighted by Gasteiger charge is 2.34. The second-order valence-corrected chi connectivity index (χ2v) is 8.56. The molecule has 2 aromatic heterocycles. The van der Waals surface area contributed by atoms with E-state index in [0.29, 0.717) is 18.7 Å². The molecule has 176 valence electrons. The van der Waals surface area contributed by atoms with E-state index in [9.17, 15) is 14.7 Å². The lowest BCUT2D eigenvalue weighted by atomic mass is 9.99. The first kappa shape index (κ1) is 24.4. The SMILES string of the molecule is C/C=C/c1cnc2c(c1)C(=O)N([C@H](C)CO)C[C@@H](C)[C@H](CN(C)C(=O)Cc1cccnc1)O2. The lowest BCUT2D eigenvalue weighted by Gasteiger charge is -2.37. The summed E-state index contributed by atoms with van der Waals surface area (Å²) in [5.74, 6) is -0.124. The molecule has 8 heteroatoms. The van der Waals surface area contributed by atoms with Crippen LogP contribution >= 0.6 is 0 Å². The van der Waals surface area contributed by atoms with Crippen molar-refractivity contribution in [2.75, 3.05) is 26.7 Å². The number of aromatic nitrogens is 2. The number of aliphatic hydroxyl groups is 1. The molecule has 0 bridgehead atoms. The molecular weight excluding hydrogens is 420 g/mol. The molecule has 1 aliphatic heterocycles. The van der Waals surface area contributed by atoms with E-state index in [1.165, 1.54) is 0 Å². The quantitative estimate of drug-likeness (QED) is 0.693. The van der Waals surface area contributed by atoms with Crippen LogP contribution in [0.25, 0.3) is 6.08 Å². The van der Waals surface area contributed by atoms with Gasteiger partial charge in [0.1, 0.15) is 11.7 Å². The van der Waals surface area contributed by atoms with Crippen molar-refractivity contribution in [2.45, 2.75) is 39.3 Å². The summed E-state index contributed by atoms with van der Waals surface area (Å²) in [5.41, 5.74) is 1.99. The number of carbonyl (C=O) groups excluding carboxylic acids is 2. The van der Waals surface area contributed by atoms with Gasteiger partial charge < -0.3 is 19.6 Å². The van der Waals surface area contributed by atoms with E-state index in [2.05, 4.69) is 9.97 Å². The molecule has 3 atom stereocenters. The molecule has 0 saturated carbocycles. The minimum atomic E-state index is -0.381. The van der Waals surface area contributed by atoms with Gasteiger partial charge in [-0.1, -0.05) is 25.1 Å². The Hall–Kier alpha value is -3.26. The number of hydrogen-bond acceptors (Lipinski definition) is 6. The van der Waals surface area contributed by atoms with Gasteiger partial charge in [0, 0.05) is 38.1 Å². The highest BCUT2D eigenvalue weighted by atomic mass is 16.5. The van der Waals surface area contributed by atoms with E-state index in [-0.39, 0.29) is 48.8 Å². The molecule has 0 spiro atoms. The number of nitrogens with zero attached hydrogens (tertiary/aromatic N) is 4. The molecule has 1 N–H and O–H groups in total. The minimum absolute atomic E-state index is 0.0471. The van der Waals surface area contributed by atoms with Crippen molar-refractivity contribution >= 4 is 17.9 Å². The number of hydrogen-bond donors (Lipinski definition) is 1. The van der Waals surface area contributed by atoms with Crippen LogP contribution in [-0.4, -0.2) is 75.6 Å². The topological polar surface area (TPSA) is 95.9 Å². The van der Waals surface area contributed by atoms with Gasteiger partial charge >= 0.3 is 0 Å². The van der Waals surface area contributed by atoms with Crippen LogP contribution in [0.2, 0.25) is 0 Å². The zero-order valence-electron chi connectivity index (χ0n) is 19.6. The van der Waals surface area contributed by atoms with Crippen molar-refractivity contribution in [3.63, 3.8) is 0 Å². The Labute approximate surface area is 194 Å². The van der Waals surface area contributed by atoms with E-state index >= 15 is 0 Å². The third-order valence-corrected chi connectivity index (χ3v) is 5.86. The third kappa shape index (κ3) is 5.96. The average Bonchev–Trinajstić information content (AvgIpc) is 2.82. The van der Waals surface area contributed by atoms with Crippen LogP contribution in [0.3, 0.4) is 0 Å². The maximum Gasteiger partial charge on any atom is 0.259 e. The lowest BCUT2D eigenvalue weighted by Crippen LogP contribution is -2.50. The fourth-order valence-corrected chi connectivity index (χ4v) is 3.80. The molecule has 3 rings (SSSR count). The molecular formula is C25H32N4O4. The van der Waals surface area contributed by atoms with Gasteiger partial charge in [0.05, 0.1) is 25.6 Å². The molecule has 3 heterocycles. The van der Waals surface area contributed by atoms with Gasteiger partial charge in [-0.25, -0.2) is 4.98 Å². The van der Waals surface area contributed by atoms with Crippen LogP contribution in [0.5, 0.6) is 5.88 Å². The van der Waals surface area contributed by atoms with E-state index in [0.717, 1.165) is 11.1 Å². The highest BCUT2D eigenvalue weighted by molar-refractivity contribution is 5.97. The summed E-state index contributed by atoms with van der Waals surface area (Å²) in [6.45, 7) is 6.27. The summed E-state index contributed by atoms with van der Waals surface area (Å²) in [6, 6.07) is 5.07. The second kappa shape index (κ2) is 11.0. The number of ether oxygens (including phenoxy) is 1. The van der Waals surface area contributed by atoms with Crippen LogP contribution in [0, 0.1) is 5.92 Å². The Morgan fingerprint density at radius 2 is 2.21 bits per heavy atom. The molecule has 0 aromatic carbocycles. The summed E-state index contributed by atoms with van der Waals surface area (Å²) in [4.78, 5) is 37.9. The van der Waals surface area contributed by atoms with Crippen molar-refractivity contribution in [1.29, 1.82) is 0 Å². The van der Waals surface area contributed by atoms with Crippen molar-refractivity contribution in [3.05, 3.63) is 59.6 Å². The molecule has 0 radical (unpaired) electrons. The molecule has 0 aliphatic carbocycles. The van der Waals surface area contributed by atoms with Gasteiger partial charge in [-0.05, 0) is 37.1 Å². The number of rotatable bonds is 7. The first-order valence-corrected chi connectivity index (χ1v) is 11.2. The maximum absolute atomic E-state index is 13.3. The molecule has 1 aliphatic rings. The standard InChI is InChI=1S/C25H32N4O4/c1-5-7-19-10-21-24(27-13-19)33-22(17(2)14-29(25(21)32)18(3)16-30)15-28(4)23(31)11-20-8-6-9-26-12-20/h5-10,12-13,17-18,22,30H,11,14-16H2,1-4H3/b7-5+/t17-,18-,22+/m1/s1. The van der Waals surface area contributed by atoms with E-state index in [1.54, 1.807) is 47.6 Å². The van der Waals surface area contributed by atoms with Crippen molar-refractivity contribution in [3.8, 4) is 5.88 Å². The second-order valence-electron chi connectivity index (χ2n) is 8.56. The third-order valence-electron chi connectivity index (χ3n) is 5.86. The number of amides is 2. The molecule has 8 nitrogen and oxygen atoms in total. The summed E-state index contributed by atoms with van der Waals surface area (Å²) in [5, 5.41) is 9.75. The predicted molar refractivity (Wildman–Crippen MR) is 126 cm³/mol. The van der Waals surface area contributed by atoms with Crippen LogP contribution < -0.4 is 4.74 Å². The predicted octanol–water partition coefficient (Wildman–Crippen LogP) is 2.43. The van der Waals surface area contributed by atoms with Crippen LogP contribution in [0.1, 0.15) is 42.3 Å². The van der Waals surface area contributed by atoms with Gasteiger partial charge in [-0.15, -0.1) is 0 Å². The summed E-state index contributed by atoms with van der Waals surface area (Å²) in [7, 11) is 1.75. The van der Waals surface area contributed by atoms with Crippen molar-refractivity contribution in [2.24, 2.45) is 5.92 Å². The number of likely N-dealkylation sites (N-methyl/N-ethyl adjacent to an activating group) is 1. The molecule has 2 aromatic rings. The fraction of sp³-hybridized carbons (Fsp3) is 0.440. The average molecular weight is 453 g/mol. The number of pyridine rings is 2. The fourth-order valence-electron chi connectivity index (χ4n) is 3.80. The summed E-state index contributed by atoms with van der Waals surface area (Å²) >= 11 is 0. The smallest absolute Gasteiger partial charge is 0.259 e. The largest absolute Gasteiger partial charge is 0.472 e. The summed E-state index contributed by atoms with van der Waals surface area (Å²) in [6.07, 6.45) is 8.63. The molecule has 0 saturated heterocycles. The van der Waals surface area contributed by atoms with Gasteiger partial charge in [-0.3, -0.25) is 14.6 Å². The first-order valence-electron chi connectivity index (χ1n) is 11.2. The van der Waals surface area contributed by atoms with Crippen molar-refractivity contribution in [1.82, 2.24) is 19.8 Å². The van der Waals surface area contributed by atoms with Gasteiger partial charge in [0.15, 0.2) is 0 Å². The monoisotopic (exact) mass is 452 g/mol. The van der Waals surface area contributed by atoms with Crippen LogP contribution in [0.15, 0.2) is 42.9 Å². The Morgan fingerprint density at radius 1 is 1.42 bits per heavy atom. The Bertz CT molecular complexity index is 995. The summed E-state index contributed by atoms with van der Waals surface area (Å²) < 4.78 is 6.23. The first-order chi connectivity index (χ1) is 15.8. The Balaban J connectivity index is 1.87. The number of aliphatic hydroxyl groups excluding tert-OH is 1. The normalized spacial score (nSPS) is 19.4. The minimum Gasteiger partial charge on any atom is -0.472 e. The molecule has 2 amide bonds. The van der Waals surface area contributed by atoms with E-state index in [4.69, 9.17) is 4.74 Å². The maximum atomic E-state index is 13.3. The zero-order valence-corrected chi connectivity index (χ0v) is 19.6. The zero-order chi connectivity index (χ0) is 24.0. The highest BCUT2D eigenvalue weighted by Crippen LogP contribution is 2.27. The lowest BCUT2D eigenvalue weighted by molar-refractivity contribution is -0.130. The van der Waals surface area contributed by atoms with Crippen LogP contribution in [0.4, 0.5) is 0 Å². The van der Waals surface area contributed by atoms with Crippen LogP contribution in [-0.2, 0) is 11.2 Å².